The standard InChI is InChI=1S/C17H25NO2/c1-13(2)20-15-8-6-14(7-9-15)16(19)12-17(18)10-4-3-5-11-17/h6-9,13H,3-5,10-12,18H2,1-2H3. The van der Waals surface area contributed by atoms with E-state index in [0.29, 0.717) is 6.42 Å². The van der Waals surface area contributed by atoms with Crippen LogP contribution in [0.5, 0.6) is 5.75 Å². The molecule has 1 fully saturated rings. The molecule has 0 unspecified atom stereocenters. The molecule has 0 aromatic heterocycles. The van der Waals surface area contributed by atoms with Crippen molar-refractivity contribution in [2.75, 3.05) is 0 Å². The quantitative estimate of drug-likeness (QED) is 0.833. The molecule has 1 saturated carbocycles. The van der Waals surface area contributed by atoms with Crippen LogP contribution in [0.1, 0.15) is 62.7 Å². The smallest absolute Gasteiger partial charge is 0.164 e. The zero-order chi connectivity index (χ0) is 14.6. The normalized spacial score (nSPS) is 18.0. The molecule has 20 heavy (non-hydrogen) atoms. The lowest BCUT2D eigenvalue weighted by Gasteiger charge is -2.32. The number of benzene rings is 1. The van der Waals surface area contributed by atoms with Gasteiger partial charge in [-0.3, -0.25) is 4.79 Å². The number of carbonyl (C=O) groups is 1. The second kappa shape index (κ2) is 6.40. The van der Waals surface area contributed by atoms with Gasteiger partial charge in [0.25, 0.3) is 0 Å². The number of hydrogen-bond acceptors (Lipinski definition) is 3. The molecule has 3 nitrogen and oxygen atoms in total. The van der Waals surface area contributed by atoms with E-state index in [4.69, 9.17) is 10.5 Å². The average molecular weight is 275 g/mol. The largest absolute Gasteiger partial charge is 0.491 e. The maximum atomic E-state index is 12.3. The molecule has 1 aliphatic rings. The van der Waals surface area contributed by atoms with Gasteiger partial charge >= 0.3 is 0 Å². The predicted octanol–water partition coefficient (Wildman–Crippen LogP) is 3.71. The van der Waals surface area contributed by atoms with E-state index in [0.717, 1.165) is 37.0 Å². The summed E-state index contributed by atoms with van der Waals surface area (Å²) in [7, 11) is 0. The van der Waals surface area contributed by atoms with Crippen LogP contribution in [0.25, 0.3) is 0 Å². The molecule has 0 spiro atoms. The molecule has 0 bridgehead atoms. The third kappa shape index (κ3) is 4.07. The third-order valence-corrected chi connectivity index (χ3v) is 3.91. The molecule has 2 N–H and O–H groups in total. The second-order valence-corrected chi connectivity index (χ2v) is 6.21. The zero-order valence-corrected chi connectivity index (χ0v) is 12.5. The van der Waals surface area contributed by atoms with E-state index < -0.39 is 0 Å². The monoisotopic (exact) mass is 275 g/mol. The van der Waals surface area contributed by atoms with Crippen molar-refractivity contribution in [3.63, 3.8) is 0 Å². The van der Waals surface area contributed by atoms with E-state index in [1.807, 2.05) is 38.1 Å². The van der Waals surface area contributed by atoms with Crippen LogP contribution in [0, 0.1) is 0 Å². The van der Waals surface area contributed by atoms with E-state index in [-0.39, 0.29) is 17.4 Å². The molecule has 1 aromatic carbocycles. The number of rotatable bonds is 5. The highest BCUT2D eigenvalue weighted by molar-refractivity contribution is 5.96. The van der Waals surface area contributed by atoms with Crippen LogP contribution in [0.2, 0.25) is 0 Å². The van der Waals surface area contributed by atoms with Gasteiger partial charge in [0.05, 0.1) is 6.10 Å². The number of ketones is 1. The highest BCUT2D eigenvalue weighted by atomic mass is 16.5. The molecule has 0 aliphatic heterocycles. The summed E-state index contributed by atoms with van der Waals surface area (Å²) in [4.78, 5) is 12.3. The molecular formula is C17H25NO2. The minimum absolute atomic E-state index is 0.144. The molecule has 1 aliphatic carbocycles. The second-order valence-electron chi connectivity index (χ2n) is 6.21. The first-order chi connectivity index (χ1) is 9.48. The van der Waals surface area contributed by atoms with E-state index in [1.165, 1.54) is 6.42 Å². The SMILES string of the molecule is CC(C)Oc1ccc(C(=O)CC2(N)CCCCC2)cc1. The Kier molecular flexibility index (Phi) is 4.81. The Balaban J connectivity index is 1.98. The van der Waals surface area contributed by atoms with Crippen LogP contribution >= 0.6 is 0 Å². The van der Waals surface area contributed by atoms with Crippen LogP contribution in [0.4, 0.5) is 0 Å². The average Bonchev–Trinajstić information content (AvgIpc) is 2.39. The number of hydrogen-bond donors (Lipinski definition) is 1. The highest BCUT2D eigenvalue weighted by Gasteiger charge is 2.30. The lowest BCUT2D eigenvalue weighted by molar-refractivity contribution is 0.0934. The summed E-state index contributed by atoms with van der Waals surface area (Å²) in [5.74, 6) is 0.946. The molecule has 2 rings (SSSR count). The Labute approximate surface area is 121 Å². The van der Waals surface area contributed by atoms with E-state index in [9.17, 15) is 4.79 Å². The maximum absolute atomic E-state index is 12.3. The molecule has 3 heteroatoms. The summed E-state index contributed by atoms with van der Waals surface area (Å²) in [6.07, 6.45) is 6.06. The molecule has 0 saturated heterocycles. The molecule has 0 heterocycles. The van der Waals surface area contributed by atoms with E-state index in [2.05, 4.69) is 0 Å². The van der Waals surface area contributed by atoms with Crippen molar-refractivity contribution in [2.45, 2.75) is 64.0 Å². The Morgan fingerprint density at radius 1 is 1.20 bits per heavy atom. The zero-order valence-electron chi connectivity index (χ0n) is 12.5. The van der Waals surface area contributed by atoms with Gasteiger partial charge in [0.1, 0.15) is 5.75 Å². The first kappa shape index (κ1) is 15.0. The molecule has 0 atom stereocenters. The Bertz CT molecular complexity index is 445. The lowest BCUT2D eigenvalue weighted by Crippen LogP contribution is -2.43. The predicted molar refractivity (Wildman–Crippen MR) is 81.2 cm³/mol. The molecule has 110 valence electrons. The fourth-order valence-electron chi connectivity index (χ4n) is 2.85. The van der Waals surface area contributed by atoms with Gasteiger partial charge in [-0.25, -0.2) is 0 Å². The van der Waals surface area contributed by atoms with Gasteiger partial charge in [-0.05, 0) is 51.0 Å². The van der Waals surface area contributed by atoms with Crippen molar-refractivity contribution < 1.29 is 9.53 Å². The summed E-state index contributed by atoms with van der Waals surface area (Å²) in [5.41, 5.74) is 6.79. The maximum Gasteiger partial charge on any atom is 0.164 e. The highest BCUT2D eigenvalue weighted by Crippen LogP contribution is 2.30. The minimum Gasteiger partial charge on any atom is -0.491 e. The fraction of sp³-hybridized carbons (Fsp3) is 0.588. The van der Waals surface area contributed by atoms with Crippen LogP contribution in [-0.4, -0.2) is 17.4 Å². The summed E-state index contributed by atoms with van der Waals surface area (Å²) < 4.78 is 5.58. The fourth-order valence-corrected chi connectivity index (χ4v) is 2.85. The first-order valence-electron chi connectivity index (χ1n) is 7.57. The summed E-state index contributed by atoms with van der Waals surface area (Å²) in [5, 5.41) is 0. The minimum atomic E-state index is -0.289. The van der Waals surface area contributed by atoms with Gasteiger partial charge in [-0.2, -0.15) is 0 Å². The van der Waals surface area contributed by atoms with Crippen LogP contribution < -0.4 is 10.5 Å². The van der Waals surface area contributed by atoms with Gasteiger partial charge in [-0.15, -0.1) is 0 Å². The number of Topliss-reactive ketones (excluding diaryl/α,β-unsaturated/α-hetero) is 1. The molecule has 0 radical (unpaired) electrons. The van der Waals surface area contributed by atoms with Crippen molar-refractivity contribution in [1.29, 1.82) is 0 Å². The van der Waals surface area contributed by atoms with Crippen LogP contribution in [0.15, 0.2) is 24.3 Å². The van der Waals surface area contributed by atoms with E-state index >= 15 is 0 Å². The van der Waals surface area contributed by atoms with Gasteiger partial charge < -0.3 is 10.5 Å². The Morgan fingerprint density at radius 2 is 1.80 bits per heavy atom. The van der Waals surface area contributed by atoms with Crippen molar-refractivity contribution in [2.24, 2.45) is 5.73 Å². The lowest BCUT2D eigenvalue weighted by atomic mass is 9.78. The van der Waals surface area contributed by atoms with E-state index in [1.54, 1.807) is 0 Å². The summed E-state index contributed by atoms with van der Waals surface area (Å²) >= 11 is 0. The Morgan fingerprint density at radius 3 is 2.35 bits per heavy atom. The van der Waals surface area contributed by atoms with Crippen molar-refractivity contribution >= 4 is 5.78 Å². The molecule has 0 amide bonds. The van der Waals surface area contributed by atoms with Gasteiger partial charge in [-0.1, -0.05) is 19.3 Å². The van der Waals surface area contributed by atoms with Gasteiger partial charge in [0.15, 0.2) is 5.78 Å². The van der Waals surface area contributed by atoms with Crippen molar-refractivity contribution in [1.82, 2.24) is 0 Å². The number of carbonyl (C=O) groups excluding carboxylic acids is 1. The number of nitrogens with two attached hydrogens (primary N) is 1. The number of ether oxygens (including phenoxy) is 1. The summed E-state index contributed by atoms with van der Waals surface area (Å²) in [6.45, 7) is 3.97. The van der Waals surface area contributed by atoms with Crippen molar-refractivity contribution in [3.8, 4) is 5.75 Å². The Hall–Kier alpha value is -1.35. The summed E-state index contributed by atoms with van der Waals surface area (Å²) in [6, 6.07) is 7.40. The third-order valence-electron chi connectivity index (χ3n) is 3.91. The topological polar surface area (TPSA) is 52.3 Å². The first-order valence-corrected chi connectivity index (χ1v) is 7.57. The van der Waals surface area contributed by atoms with Gasteiger partial charge in [0, 0.05) is 17.5 Å². The molecular weight excluding hydrogens is 250 g/mol. The molecule has 1 aromatic rings. The van der Waals surface area contributed by atoms with Crippen molar-refractivity contribution in [3.05, 3.63) is 29.8 Å². The van der Waals surface area contributed by atoms with Crippen LogP contribution in [-0.2, 0) is 0 Å². The van der Waals surface area contributed by atoms with Crippen LogP contribution in [0.3, 0.4) is 0 Å². The van der Waals surface area contributed by atoms with Gasteiger partial charge in [0.2, 0.25) is 0 Å².